The van der Waals surface area contributed by atoms with Crippen LogP contribution in [0.15, 0.2) is 24.3 Å². The first-order chi connectivity index (χ1) is 12.4. The van der Waals surface area contributed by atoms with Gasteiger partial charge in [0.15, 0.2) is 0 Å². The lowest BCUT2D eigenvalue weighted by molar-refractivity contribution is -0.141. The Balaban J connectivity index is 1.81. The lowest BCUT2D eigenvalue weighted by Gasteiger charge is -2.38. The predicted molar refractivity (Wildman–Crippen MR) is 98.4 cm³/mol. The van der Waals surface area contributed by atoms with Gasteiger partial charge in [0.05, 0.1) is 6.54 Å². The molecule has 1 aliphatic rings. The van der Waals surface area contributed by atoms with Crippen LogP contribution in [0.4, 0.5) is 4.39 Å². The molecule has 6 heteroatoms. The summed E-state index contributed by atoms with van der Waals surface area (Å²) in [5.74, 6) is -1.06. The third kappa shape index (κ3) is 5.53. The van der Waals surface area contributed by atoms with Gasteiger partial charge in [-0.15, -0.1) is 0 Å². The molecule has 26 heavy (non-hydrogen) atoms. The number of benzene rings is 1. The van der Waals surface area contributed by atoms with Crippen LogP contribution in [-0.4, -0.2) is 59.0 Å². The van der Waals surface area contributed by atoms with Gasteiger partial charge in [-0.05, 0) is 43.9 Å². The van der Waals surface area contributed by atoms with Crippen molar-refractivity contribution in [3.05, 3.63) is 35.6 Å². The third-order valence-corrected chi connectivity index (χ3v) is 5.26. The maximum Gasteiger partial charge on any atom is 0.317 e. The van der Waals surface area contributed by atoms with Crippen LogP contribution < -0.4 is 0 Å². The van der Waals surface area contributed by atoms with E-state index in [1.807, 2.05) is 29.7 Å². The van der Waals surface area contributed by atoms with Crippen LogP contribution in [0.2, 0.25) is 0 Å². The standard InChI is InChI=1S/C20H29FN2O3/c1-3-22(14-19(24)25)17-10-12-23(13-11-17)20(26)15(2)8-9-16-6-4-5-7-18(16)21/h4-7,15,17H,3,8-14H2,1-2H3,(H,24,25)/t15-/m0/s1. The van der Waals surface area contributed by atoms with Crippen LogP contribution in [-0.2, 0) is 16.0 Å². The zero-order valence-electron chi connectivity index (χ0n) is 15.7. The number of aliphatic carboxylic acids is 1. The minimum atomic E-state index is -0.813. The highest BCUT2D eigenvalue weighted by molar-refractivity contribution is 5.78. The zero-order valence-corrected chi connectivity index (χ0v) is 15.7. The largest absolute Gasteiger partial charge is 0.480 e. The predicted octanol–water partition coefficient (Wildman–Crippen LogP) is 2.79. The molecular formula is C20H29FN2O3. The highest BCUT2D eigenvalue weighted by Gasteiger charge is 2.29. The van der Waals surface area contributed by atoms with Gasteiger partial charge >= 0.3 is 5.97 Å². The summed E-state index contributed by atoms with van der Waals surface area (Å²) in [4.78, 5) is 27.4. The van der Waals surface area contributed by atoms with Crippen molar-refractivity contribution < 1.29 is 19.1 Å². The van der Waals surface area contributed by atoms with Crippen LogP contribution in [0.3, 0.4) is 0 Å². The molecule has 0 unspecified atom stereocenters. The molecule has 0 spiro atoms. The van der Waals surface area contributed by atoms with E-state index < -0.39 is 5.97 Å². The molecule has 0 aromatic heterocycles. The average Bonchev–Trinajstić information content (AvgIpc) is 2.64. The number of likely N-dealkylation sites (tertiary alicyclic amines) is 1. The molecule has 0 radical (unpaired) electrons. The van der Waals surface area contributed by atoms with E-state index in [2.05, 4.69) is 0 Å². The number of halogens is 1. The number of carboxylic acid groups (broad SMARTS) is 1. The van der Waals surface area contributed by atoms with Gasteiger partial charge in [0.2, 0.25) is 5.91 Å². The van der Waals surface area contributed by atoms with Crippen molar-refractivity contribution in [1.82, 2.24) is 9.80 Å². The minimum Gasteiger partial charge on any atom is -0.480 e. The Morgan fingerprint density at radius 2 is 1.96 bits per heavy atom. The fourth-order valence-corrected chi connectivity index (χ4v) is 3.63. The summed E-state index contributed by atoms with van der Waals surface area (Å²) in [7, 11) is 0. The first-order valence-corrected chi connectivity index (χ1v) is 9.40. The second-order valence-electron chi connectivity index (χ2n) is 7.04. The van der Waals surface area contributed by atoms with Crippen molar-refractivity contribution >= 4 is 11.9 Å². The molecule has 1 atom stereocenters. The van der Waals surface area contributed by atoms with Crippen molar-refractivity contribution in [1.29, 1.82) is 0 Å². The maximum absolute atomic E-state index is 13.7. The number of piperidine rings is 1. The molecule has 1 N–H and O–H groups in total. The number of rotatable bonds is 8. The zero-order chi connectivity index (χ0) is 19.1. The normalized spacial score (nSPS) is 16.7. The molecule has 5 nitrogen and oxygen atoms in total. The summed E-state index contributed by atoms with van der Waals surface area (Å²) in [6.45, 7) is 5.93. The second-order valence-corrected chi connectivity index (χ2v) is 7.04. The molecule has 2 rings (SSSR count). The molecule has 0 aliphatic carbocycles. The Kier molecular flexibility index (Phi) is 7.57. The Morgan fingerprint density at radius 1 is 1.31 bits per heavy atom. The van der Waals surface area contributed by atoms with Crippen molar-refractivity contribution in [3.8, 4) is 0 Å². The van der Waals surface area contributed by atoms with E-state index in [9.17, 15) is 14.0 Å². The molecule has 1 aromatic carbocycles. The molecule has 1 aliphatic heterocycles. The van der Waals surface area contributed by atoms with Crippen molar-refractivity contribution in [3.63, 3.8) is 0 Å². The van der Waals surface area contributed by atoms with Crippen LogP contribution in [0.5, 0.6) is 0 Å². The highest BCUT2D eigenvalue weighted by Crippen LogP contribution is 2.20. The molecule has 0 bridgehead atoms. The molecule has 1 heterocycles. The van der Waals surface area contributed by atoms with E-state index in [0.717, 1.165) is 12.8 Å². The summed E-state index contributed by atoms with van der Waals surface area (Å²) in [6, 6.07) is 6.91. The fraction of sp³-hybridized carbons (Fsp3) is 0.600. The smallest absolute Gasteiger partial charge is 0.317 e. The van der Waals surface area contributed by atoms with Gasteiger partial charge in [-0.3, -0.25) is 14.5 Å². The van der Waals surface area contributed by atoms with Crippen LogP contribution in [0.25, 0.3) is 0 Å². The highest BCUT2D eigenvalue weighted by atomic mass is 19.1. The van der Waals surface area contributed by atoms with E-state index in [-0.39, 0.29) is 30.2 Å². The number of carbonyl (C=O) groups is 2. The van der Waals surface area contributed by atoms with Gasteiger partial charge in [-0.1, -0.05) is 32.0 Å². The first kappa shape index (κ1) is 20.4. The first-order valence-electron chi connectivity index (χ1n) is 9.40. The SMILES string of the molecule is CCN(CC(=O)O)C1CCN(C(=O)[C@@H](C)CCc2ccccc2F)CC1. The monoisotopic (exact) mass is 364 g/mol. The number of likely N-dealkylation sites (N-methyl/N-ethyl adjacent to an activating group) is 1. The summed E-state index contributed by atoms with van der Waals surface area (Å²) in [5, 5.41) is 9.00. The number of aryl methyl sites for hydroxylation is 1. The Labute approximate surface area is 154 Å². The van der Waals surface area contributed by atoms with Gasteiger partial charge in [0.25, 0.3) is 0 Å². The molecule has 1 aromatic rings. The topological polar surface area (TPSA) is 60.9 Å². The van der Waals surface area contributed by atoms with E-state index in [0.29, 0.717) is 38.0 Å². The molecular weight excluding hydrogens is 335 g/mol. The van der Waals surface area contributed by atoms with E-state index in [1.165, 1.54) is 6.07 Å². The van der Waals surface area contributed by atoms with E-state index >= 15 is 0 Å². The third-order valence-electron chi connectivity index (χ3n) is 5.26. The summed E-state index contributed by atoms with van der Waals surface area (Å²) >= 11 is 0. The minimum absolute atomic E-state index is 0.0498. The van der Waals surface area contributed by atoms with Gasteiger partial charge in [-0.2, -0.15) is 0 Å². The Hall–Kier alpha value is -1.95. The van der Waals surface area contributed by atoms with Crippen LogP contribution in [0, 0.1) is 11.7 Å². The molecule has 1 fully saturated rings. The van der Waals surface area contributed by atoms with Crippen LogP contribution >= 0.6 is 0 Å². The molecule has 144 valence electrons. The van der Waals surface area contributed by atoms with E-state index in [4.69, 9.17) is 5.11 Å². The fourth-order valence-electron chi connectivity index (χ4n) is 3.63. The van der Waals surface area contributed by atoms with Crippen molar-refractivity contribution in [2.45, 2.75) is 45.6 Å². The lowest BCUT2D eigenvalue weighted by atomic mass is 9.97. The summed E-state index contributed by atoms with van der Waals surface area (Å²) in [6.07, 6.45) is 2.78. The quantitative estimate of drug-likeness (QED) is 0.771. The average molecular weight is 364 g/mol. The van der Waals surface area contributed by atoms with Gasteiger partial charge in [-0.25, -0.2) is 4.39 Å². The summed E-state index contributed by atoms with van der Waals surface area (Å²) in [5.41, 5.74) is 0.651. The Morgan fingerprint density at radius 3 is 2.54 bits per heavy atom. The van der Waals surface area contributed by atoms with Gasteiger partial charge in [0, 0.05) is 25.0 Å². The van der Waals surface area contributed by atoms with Crippen LogP contribution in [0.1, 0.15) is 38.7 Å². The number of hydrogen-bond donors (Lipinski definition) is 1. The van der Waals surface area contributed by atoms with Gasteiger partial charge < -0.3 is 10.0 Å². The molecule has 1 amide bonds. The number of amides is 1. The van der Waals surface area contributed by atoms with Crippen molar-refractivity contribution in [2.75, 3.05) is 26.2 Å². The second kappa shape index (κ2) is 9.67. The van der Waals surface area contributed by atoms with Gasteiger partial charge in [0.1, 0.15) is 5.82 Å². The number of nitrogens with zero attached hydrogens (tertiary/aromatic N) is 2. The van der Waals surface area contributed by atoms with E-state index in [1.54, 1.807) is 12.1 Å². The number of hydrogen-bond acceptors (Lipinski definition) is 3. The number of carboxylic acids is 1. The van der Waals surface area contributed by atoms with Crippen molar-refractivity contribution in [2.24, 2.45) is 5.92 Å². The molecule has 1 saturated heterocycles. The number of carbonyl (C=O) groups excluding carboxylic acids is 1. The lowest BCUT2D eigenvalue weighted by Crippen LogP contribution is -2.49. The maximum atomic E-state index is 13.7. The Bertz CT molecular complexity index is 615. The summed E-state index contributed by atoms with van der Waals surface area (Å²) < 4.78 is 13.7. The molecule has 0 saturated carbocycles.